The van der Waals surface area contributed by atoms with Crippen molar-refractivity contribution in [3.63, 3.8) is 0 Å². The normalized spacial score (nSPS) is 14.7. The summed E-state index contributed by atoms with van der Waals surface area (Å²) in [5.41, 5.74) is 3.52. The molecule has 0 spiro atoms. The number of anilines is 1. The van der Waals surface area contributed by atoms with Crippen molar-refractivity contribution >= 4 is 23.4 Å². The summed E-state index contributed by atoms with van der Waals surface area (Å²) in [4.78, 5) is 12.9. The van der Waals surface area contributed by atoms with E-state index in [0.29, 0.717) is 22.8 Å². The SMILES string of the molecule is COc1cc(/C=C2/C(=O)N(c3ccccc3)N=C2C)ccc1OCc1ccc(F)cc1. The molecule has 1 amide bonds. The van der Waals surface area contributed by atoms with Crippen LogP contribution in [0.2, 0.25) is 0 Å². The maximum atomic E-state index is 13.1. The second kappa shape index (κ2) is 8.83. The molecule has 0 aliphatic carbocycles. The van der Waals surface area contributed by atoms with Crippen LogP contribution < -0.4 is 14.5 Å². The number of ether oxygens (including phenoxy) is 2. The molecule has 3 aromatic carbocycles. The lowest BCUT2D eigenvalue weighted by Gasteiger charge is -2.12. The van der Waals surface area contributed by atoms with Gasteiger partial charge in [-0.25, -0.2) is 4.39 Å². The van der Waals surface area contributed by atoms with Crippen LogP contribution in [-0.2, 0) is 11.4 Å². The number of halogens is 1. The smallest absolute Gasteiger partial charge is 0.280 e. The van der Waals surface area contributed by atoms with E-state index in [1.165, 1.54) is 17.1 Å². The van der Waals surface area contributed by atoms with E-state index in [-0.39, 0.29) is 18.3 Å². The summed E-state index contributed by atoms with van der Waals surface area (Å²) in [6.45, 7) is 2.09. The molecule has 0 radical (unpaired) electrons. The van der Waals surface area contributed by atoms with Gasteiger partial charge in [-0.1, -0.05) is 36.4 Å². The summed E-state index contributed by atoms with van der Waals surface area (Å²) in [5.74, 6) is 0.628. The topological polar surface area (TPSA) is 51.1 Å². The van der Waals surface area contributed by atoms with Crippen molar-refractivity contribution in [3.8, 4) is 11.5 Å². The van der Waals surface area contributed by atoms with Crippen molar-refractivity contribution in [2.75, 3.05) is 12.1 Å². The molecule has 1 aliphatic rings. The number of methoxy groups -OCH3 is 1. The van der Waals surface area contributed by atoms with Crippen LogP contribution in [0.5, 0.6) is 11.5 Å². The summed E-state index contributed by atoms with van der Waals surface area (Å²) >= 11 is 0. The van der Waals surface area contributed by atoms with E-state index in [9.17, 15) is 9.18 Å². The number of rotatable bonds is 6. The largest absolute Gasteiger partial charge is 0.493 e. The van der Waals surface area contributed by atoms with Crippen LogP contribution in [-0.4, -0.2) is 18.7 Å². The van der Waals surface area contributed by atoms with Crippen molar-refractivity contribution in [1.29, 1.82) is 0 Å². The molecule has 1 heterocycles. The number of hydrogen-bond donors (Lipinski definition) is 0. The van der Waals surface area contributed by atoms with Crippen molar-refractivity contribution < 1.29 is 18.7 Å². The van der Waals surface area contributed by atoms with Gasteiger partial charge in [0, 0.05) is 0 Å². The van der Waals surface area contributed by atoms with Crippen molar-refractivity contribution in [2.45, 2.75) is 13.5 Å². The minimum atomic E-state index is -0.287. The first-order valence-corrected chi connectivity index (χ1v) is 9.77. The summed E-state index contributed by atoms with van der Waals surface area (Å²) in [5, 5.41) is 5.80. The molecule has 4 rings (SSSR count). The zero-order valence-corrected chi connectivity index (χ0v) is 17.2. The molecule has 31 heavy (non-hydrogen) atoms. The second-order valence-corrected chi connectivity index (χ2v) is 7.02. The van der Waals surface area contributed by atoms with Gasteiger partial charge >= 0.3 is 0 Å². The Balaban J connectivity index is 1.53. The summed E-state index contributed by atoms with van der Waals surface area (Å²) in [6, 6.07) is 20.9. The van der Waals surface area contributed by atoms with Gasteiger partial charge in [-0.3, -0.25) is 4.79 Å². The number of amides is 1. The molecule has 3 aromatic rings. The van der Waals surface area contributed by atoms with E-state index in [0.717, 1.165) is 16.8 Å². The summed E-state index contributed by atoms with van der Waals surface area (Å²) < 4.78 is 24.3. The van der Waals surface area contributed by atoms with Crippen molar-refractivity contribution in [3.05, 3.63) is 95.3 Å². The molecule has 1 aliphatic heterocycles. The van der Waals surface area contributed by atoms with Gasteiger partial charge in [0.2, 0.25) is 0 Å². The molecular formula is C25H21FN2O3. The molecule has 156 valence electrons. The molecule has 6 heteroatoms. The van der Waals surface area contributed by atoms with E-state index in [2.05, 4.69) is 5.10 Å². The molecular weight excluding hydrogens is 395 g/mol. The third-order valence-electron chi connectivity index (χ3n) is 4.87. The highest BCUT2D eigenvalue weighted by molar-refractivity contribution is 6.32. The van der Waals surface area contributed by atoms with Crippen LogP contribution in [0.15, 0.2) is 83.5 Å². The number of carbonyl (C=O) groups excluding carboxylic acids is 1. The number of para-hydroxylation sites is 1. The van der Waals surface area contributed by atoms with E-state index in [1.54, 1.807) is 37.5 Å². The van der Waals surface area contributed by atoms with E-state index < -0.39 is 0 Å². The van der Waals surface area contributed by atoms with Crippen molar-refractivity contribution in [2.24, 2.45) is 5.10 Å². The molecule has 0 aromatic heterocycles. The Hall–Kier alpha value is -3.93. The van der Waals surface area contributed by atoms with Crippen LogP contribution in [0.3, 0.4) is 0 Å². The lowest BCUT2D eigenvalue weighted by atomic mass is 10.1. The number of nitrogens with zero attached hydrogens (tertiary/aromatic N) is 2. The first kappa shape index (κ1) is 20.3. The second-order valence-electron chi connectivity index (χ2n) is 7.02. The Kier molecular flexibility index (Phi) is 5.80. The predicted molar refractivity (Wildman–Crippen MR) is 119 cm³/mol. The summed E-state index contributed by atoms with van der Waals surface area (Å²) in [6.07, 6.45) is 1.79. The Morgan fingerprint density at radius 1 is 1.00 bits per heavy atom. The number of benzene rings is 3. The van der Waals surface area contributed by atoms with Crippen LogP contribution >= 0.6 is 0 Å². The van der Waals surface area contributed by atoms with Gasteiger partial charge in [0.1, 0.15) is 12.4 Å². The van der Waals surface area contributed by atoms with E-state index in [4.69, 9.17) is 9.47 Å². The quantitative estimate of drug-likeness (QED) is 0.518. The Labute approximate surface area is 180 Å². The summed E-state index contributed by atoms with van der Waals surface area (Å²) in [7, 11) is 1.56. The minimum Gasteiger partial charge on any atom is -0.493 e. The monoisotopic (exact) mass is 416 g/mol. The number of hydrogen-bond acceptors (Lipinski definition) is 4. The average molecular weight is 416 g/mol. The van der Waals surface area contributed by atoms with Gasteiger partial charge < -0.3 is 9.47 Å². The molecule has 0 atom stereocenters. The number of carbonyl (C=O) groups is 1. The van der Waals surface area contributed by atoms with Gasteiger partial charge in [-0.2, -0.15) is 10.1 Å². The Morgan fingerprint density at radius 2 is 1.74 bits per heavy atom. The highest BCUT2D eigenvalue weighted by atomic mass is 19.1. The molecule has 0 saturated heterocycles. The predicted octanol–water partition coefficient (Wildman–Crippen LogP) is 5.22. The lowest BCUT2D eigenvalue weighted by Crippen LogP contribution is -2.21. The van der Waals surface area contributed by atoms with Gasteiger partial charge in [-0.05, 0) is 60.5 Å². The first-order chi connectivity index (χ1) is 15.0. The number of hydrazone groups is 1. The van der Waals surface area contributed by atoms with Crippen molar-refractivity contribution in [1.82, 2.24) is 0 Å². The molecule has 0 fully saturated rings. The zero-order valence-electron chi connectivity index (χ0n) is 17.2. The average Bonchev–Trinajstić information content (AvgIpc) is 3.08. The maximum Gasteiger partial charge on any atom is 0.280 e. The fraction of sp³-hybridized carbons (Fsp3) is 0.120. The molecule has 0 bridgehead atoms. The maximum absolute atomic E-state index is 13.1. The Bertz CT molecular complexity index is 1160. The molecule has 0 N–H and O–H groups in total. The lowest BCUT2D eigenvalue weighted by molar-refractivity contribution is -0.114. The highest BCUT2D eigenvalue weighted by Crippen LogP contribution is 2.31. The van der Waals surface area contributed by atoms with Gasteiger partial charge in [-0.15, -0.1) is 0 Å². The van der Waals surface area contributed by atoms with Crippen LogP contribution in [0.1, 0.15) is 18.1 Å². The molecule has 5 nitrogen and oxygen atoms in total. The standard InChI is InChI=1S/C25H21FN2O3/c1-17-22(25(29)28(27-17)21-6-4-3-5-7-21)14-19-10-13-23(24(15-19)30-2)31-16-18-8-11-20(26)12-9-18/h3-15H,16H2,1-2H3/b22-14+. The Morgan fingerprint density at radius 3 is 2.45 bits per heavy atom. The first-order valence-electron chi connectivity index (χ1n) is 9.77. The fourth-order valence-electron chi connectivity index (χ4n) is 3.23. The van der Waals surface area contributed by atoms with Gasteiger partial charge in [0.05, 0.1) is 24.1 Å². The molecule has 0 saturated carbocycles. The third-order valence-corrected chi connectivity index (χ3v) is 4.87. The van der Waals surface area contributed by atoms with Crippen LogP contribution in [0.25, 0.3) is 6.08 Å². The third kappa shape index (κ3) is 4.48. The highest BCUT2D eigenvalue weighted by Gasteiger charge is 2.28. The van der Waals surface area contributed by atoms with Gasteiger partial charge in [0.25, 0.3) is 5.91 Å². The van der Waals surface area contributed by atoms with Crippen LogP contribution in [0, 0.1) is 5.82 Å². The van der Waals surface area contributed by atoms with E-state index in [1.807, 2.05) is 43.3 Å². The van der Waals surface area contributed by atoms with Crippen LogP contribution in [0.4, 0.5) is 10.1 Å². The minimum absolute atomic E-state index is 0.181. The zero-order chi connectivity index (χ0) is 21.8. The fourth-order valence-corrected chi connectivity index (χ4v) is 3.23. The van der Waals surface area contributed by atoms with Gasteiger partial charge in [0.15, 0.2) is 11.5 Å². The van der Waals surface area contributed by atoms with E-state index >= 15 is 0 Å². The molecule has 0 unspecified atom stereocenters.